The van der Waals surface area contributed by atoms with E-state index in [4.69, 9.17) is 4.74 Å². The minimum absolute atomic E-state index is 0.143. The first kappa shape index (κ1) is 16.2. The van der Waals surface area contributed by atoms with Crippen molar-refractivity contribution in [1.29, 1.82) is 0 Å². The fraction of sp³-hybridized carbons (Fsp3) is 0.333. The number of carbonyl (C=O) groups excluding carboxylic acids is 2. The van der Waals surface area contributed by atoms with Crippen molar-refractivity contribution in [3.63, 3.8) is 0 Å². The van der Waals surface area contributed by atoms with Crippen LogP contribution in [0.2, 0.25) is 0 Å². The Bertz CT molecular complexity index is 614. The largest absolute Gasteiger partial charge is 0.460 e. The smallest absolute Gasteiger partial charge is 0.311 e. The van der Waals surface area contributed by atoms with Crippen LogP contribution in [0.1, 0.15) is 31.9 Å². The van der Waals surface area contributed by atoms with Crippen molar-refractivity contribution in [2.24, 2.45) is 5.41 Å². The van der Waals surface area contributed by atoms with Gasteiger partial charge in [-0.05, 0) is 56.2 Å². The average Bonchev–Trinajstić information content (AvgIpc) is 2.47. The van der Waals surface area contributed by atoms with Gasteiger partial charge in [0.2, 0.25) is 0 Å². The van der Waals surface area contributed by atoms with E-state index in [9.17, 15) is 14.7 Å². The Hall–Kier alpha value is -2.20. The Balaban J connectivity index is 2.05. The molecule has 116 valence electrons. The van der Waals surface area contributed by atoms with Crippen LogP contribution in [-0.2, 0) is 26.5 Å². The van der Waals surface area contributed by atoms with Crippen molar-refractivity contribution in [1.82, 2.24) is 0 Å². The van der Waals surface area contributed by atoms with Crippen LogP contribution in [0.5, 0.6) is 0 Å². The van der Waals surface area contributed by atoms with E-state index >= 15 is 0 Å². The Morgan fingerprint density at radius 1 is 1.14 bits per heavy atom. The molecule has 0 unspecified atom stereocenters. The van der Waals surface area contributed by atoms with Crippen LogP contribution in [0.4, 0.5) is 0 Å². The maximum atomic E-state index is 11.7. The van der Waals surface area contributed by atoms with E-state index in [-0.39, 0.29) is 18.4 Å². The number of esters is 1. The minimum Gasteiger partial charge on any atom is -0.460 e. The van der Waals surface area contributed by atoms with Crippen molar-refractivity contribution < 1.29 is 19.4 Å². The van der Waals surface area contributed by atoms with Gasteiger partial charge in [0.15, 0.2) is 5.78 Å². The van der Waals surface area contributed by atoms with Crippen LogP contribution >= 0.6 is 0 Å². The number of allylic oxidation sites excluding steroid dienone is 2. The quantitative estimate of drug-likeness (QED) is 0.872. The normalized spacial score (nSPS) is 16.6. The second kappa shape index (κ2) is 5.89. The van der Waals surface area contributed by atoms with Crippen molar-refractivity contribution in [3.05, 3.63) is 59.7 Å². The van der Waals surface area contributed by atoms with Crippen molar-refractivity contribution in [2.45, 2.75) is 33.0 Å². The lowest BCUT2D eigenvalue weighted by atomic mass is 9.89. The SMILES string of the molecule is CC(C)(C)C(=O)OCc1ccc(C2(O)C=CC(=O)C=C2)cc1. The van der Waals surface area contributed by atoms with Crippen LogP contribution in [0.15, 0.2) is 48.6 Å². The third-order valence-corrected chi connectivity index (χ3v) is 3.40. The summed E-state index contributed by atoms with van der Waals surface area (Å²) in [6.45, 7) is 5.60. The van der Waals surface area contributed by atoms with Crippen molar-refractivity contribution >= 4 is 11.8 Å². The molecule has 0 radical (unpaired) electrons. The monoisotopic (exact) mass is 300 g/mol. The maximum absolute atomic E-state index is 11.7. The van der Waals surface area contributed by atoms with Crippen LogP contribution < -0.4 is 0 Å². The van der Waals surface area contributed by atoms with E-state index in [0.717, 1.165) is 5.56 Å². The lowest BCUT2D eigenvalue weighted by molar-refractivity contribution is -0.154. The summed E-state index contributed by atoms with van der Waals surface area (Å²) in [5, 5.41) is 10.5. The fourth-order valence-electron chi connectivity index (χ4n) is 1.96. The molecule has 4 heteroatoms. The standard InChI is InChI=1S/C18H20O4/c1-17(2,3)16(20)22-12-13-4-6-14(7-5-13)18(21)10-8-15(19)9-11-18/h4-11,21H,12H2,1-3H3. The molecule has 1 aliphatic carbocycles. The van der Waals surface area contributed by atoms with Gasteiger partial charge in [0.25, 0.3) is 0 Å². The van der Waals surface area contributed by atoms with Gasteiger partial charge in [0.05, 0.1) is 5.41 Å². The Morgan fingerprint density at radius 3 is 2.18 bits per heavy atom. The summed E-state index contributed by atoms with van der Waals surface area (Å²) in [6, 6.07) is 7.10. The highest BCUT2D eigenvalue weighted by molar-refractivity contribution is 6.00. The molecular formula is C18H20O4. The summed E-state index contributed by atoms with van der Waals surface area (Å²) in [4.78, 5) is 22.9. The van der Waals surface area contributed by atoms with Crippen molar-refractivity contribution in [2.75, 3.05) is 0 Å². The topological polar surface area (TPSA) is 63.6 Å². The fourth-order valence-corrected chi connectivity index (χ4v) is 1.96. The van der Waals surface area contributed by atoms with E-state index in [0.29, 0.717) is 5.56 Å². The summed E-state index contributed by atoms with van der Waals surface area (Å²) in [7, 11) is 0. The Kier molecular flexibility index (Phi) is 4.33. The molecule has 4 nitrogen and oxygen atoms in total. The number of ketones is 1. The molecule has 0 heterocycles. The number of hydrogen-bond donors (Lipinski definition) is 1. The van der Waals surface area contributed by atoms with E-state index in [1.807, 2.05) is 0 Å². The van der Waals surface area contributed by atoms with Gasteiger partial charge >= 0.3 is 5.97 Å². The molecular weight excluding hydrogens is 280 g/mol. The molecule has 0 amide bonds. The first-order chi connectivity index (χ1) is 10.2. The molecule has 0 spiro atoms. The second-order valence-electron chi connectivity index (χ2n) is 6.42. The minimum atomic E-state index is -1.27. The number of benzene rings is 1. The van der Waals surface area contributed by atoms with E-state index in [2.05, 4.69) is 0 Å². The van der Waals surface area contributed by atoms with E-state index in [1.165, 1.54) is 24.3 Å². The molecule has 2 rings (SSSR count). The molecule has 1 aromatic carbocycles. The third-order valence-electron chi connectivity index (χ3n) is 3.40. The first-order valence-electron chi connectivity index (χ1n) is 7.12. The van der Waals surface area contributed by atoms with Gasteiger partial charge in [0, 0.05) is 0 Å². The zero-order chi connectivity index (χ0) is 16.4. The van der Waals surface area contributed by atoms with Gasteiger partial charge in [-0.2, -0.15) is 0 Å². The Labute approximate surface area is 130 Å². The summed E-state index contributed by atoms with van der Waals surface area (Å²) in [5.41, 5.74) is -0.309. The van der Waals surface area contributed by atoms with Crippen LogP contribution in [0.3, 0.4) is 0 Å². The lowest BCUT2D eigenvalue weighted by Crippen LogP contribution is -2.23. The first-order valence-corrected chi connectivity index (χ1v) is 7.12. The number of ether oxygens (including phenoxy) is 1. The molecule has 0 atom stereocenters. The second-order valence-corrected chi connectivity index (χ2v) is 6.42. The molecule has 0 aromatic heterocycles. The van der Waals surface area contributed by atoms with Crippen LogP contribution in [0, 0.1) is 5.41 Å². The zero-order valence-electron chi connectivity index (χ0n) is 13.0. The maximum Gasteiger partial charge on any atom is 0.311 e. The Morgan fingerprint density at radius 2 is 1.68 bits per heavy atom. The van der Waals surface area contributed by atoms with Crippen LogP contribution in [-0.4, -0.2) is 16.9 Å². The number of rotatable bonds is 3. The number of hydrogen-bond acceptors (Lipinski definition) is 4. The lowest BCUT2D eigenvalue weighted by Gasteiger charge is -2.23. The third kappa shape index (κ3) is 3.71. The predicted octanol–water partition coefficient (Wildman–Crippen LogP) is 2.66. The molecule has 1 aliphatic rings. The van der Waals surface area contributed by atoms with Gasteiger partial charge in [0.1, 0.15) is 12.2 Å². The van der Waals surface area contributed by atoms with Crippen molar-refractivity contribution in [3.8, 4) is 0 Å². The number of aliphatic hydroxyl groups is 1. The molecule has 0 bridgehead atoms. The van der Waals surface area contributed by atoms with Gasteiger partial charge in [-0.25, -0.2) is 0 Å². The van der Waals surface area contributed by atoms with Gasteiger partial charge in [-0.3, -0.25) is 9.59 Å². The highest BCUT2D eigenvalue weighted by atomic mass is 16.5. The summed E-state index contributed by atoms with van der Waals surface area (Å²) in [6.07, 6.45) is 5.62. The summed E-state index contributed by atoms with van der Waals surface area (Å²) >= 11 is 0. The summed E-state index contributed by atoms with van der Waals surface area (Å²) < 4.78 is 5.24. The highest BCUT2D eigenvalue weighted by Gasteiger charge is 2.26. The molecule has 0 fully saturated rings. The molecule has 0 saturated heterocycles. The van der Waals surface area contributed by atoms with Gasteiger partial charge < -0.3 is 9.84 Å². The zero-order valence-corrected chi connectivity index (χ0v) is 13.0. The molecule has 1 aromatic rings. The van der Waals surface area contributed by atoms with Gasteiger partial charge in [-0.1, -0.05) is 24.3 Å². The van der Waals surface area contributed by atoms with Crippen LogP contribution in [0.25, 0.3) is 0 Å². The molecule has 0 saturated carbocycles. The van der Waals surface area contributed by atoms with E-state index < -0.39 is 11.0 Å². The average molecular weight is 300 g/mol. The summed E-state index contributed by atoms with van der Waals surface area (Å²) in [5.74, 6) is -0.401. The van der Waals surface area contributed by atoms with Gasteiger partial charge in [-0.15, -0.1) is 0 Å². The number of carbonyl (C=O) groups is 2. The molecule has 22 heavy (non-hydrogen) atoms. The molecule has 0 aliphatic heterocycles. The highest BCUT2D eigenvalue weighted by Crippen LogP contribution is 2.27. The van der Waals surface area contributed by atoms with E-state index in [1.54, 1.807) is 45.0 Å². The molecule has 1 N–H and O–H groups in total. The predicted molar refractivity (Wildman–Crippen MR) is 82.9 cm³/mol.